The van der Waals surface area contributed by atoms with Crippen molar-refractivity contribution in [3.63, 3.8) is 0 Å². The molecule has 8 nitrogen and oxygen atoms in total. The van der Waals surface area contributed by atoms with E-state index in [1.54, 1.807) is 17.1 Å². The smallest absolute Gasteiger partial charge is 0.254 e. The van der Waals surface area contributed by atoms with Crippen LogP contribution < -0.4 is 16.4 Å². The number of benzene rings is 1. The molecule has 0 unspecified atom stereocenters. The van der Waals surface area contributed by atoms with Crippen molar-refractivity contribution in [2.45, 2.75) is 19.9 Å². The highest BCUT2D eigenvalue weighted by Crippen LogP contribution is 2.18. The van der Waals surface area contributed by atoms with Crippen molar-refractivity contribution in [1.29, 1.82) is 0 Å². The molecule has 3 aromatic rings. The van der Waals surface area contributed by atoms with Gasteiger partial charge in [-0.2, -0.15) is 10.1 Å². The molecule has 0 spiro atoms. The molecule has 1 amide bonds. The highest BCUT2D eigenvalue weighted by atomic mass is 16.1. The van der Waals surface area contributed by atoms with Gasteiger partial charge >= 0.3 is 0 Å². The molecule has 0 aliphatic rings. The molecule has 0 bridgehead atoms. The predicted octanol–water partition coefficient (Wildman–Crippen LogP) is 2.23. The summed E-state index contributed by atoms with van der Waals surface area (Å²) in [5.41, 5.74) is 8.83. The van der Waals surface area contributed by atoms with Crippen LogP contribution >= 0.6 is 0 Å². The summed E-state index contributed by atoms with van der Waals surface area (Å²) >= 11 is 0. The fourth-order valence-corrected chi connectivity index (χ4v) is 2.63. The van der Waals surface area contributed by atoms with E-state index in [2.05, 4.69) is 38.7 Å². The number of aromatic nitrogens is 4. The first-order valence-corrected chi connectivity index (χ1v) is 8.30. The van der Waals surface area contributed by atoms with Crippen LogP contribution in [0.3, 0.4) is 0 Å². The van der Waals surface area contributed by atoms with Crippen molar-refractivity contribution >= 4 is 23.4 Å². The fourth-order valence-electron chi connectivity index (χ4n) is 2.63. The van der Waals surface area contributed by atoms with Crippen LogP contribution in [-0.2, 0) is 20.0 Å². The molecule has 0 aliphatic carbocycles. The third-order valence-corrected chi connectivity index (χ3v) is 3.96. The lowest BCUT2D eigenvalue weighted by molar-refractivity contribution is 0.100. The molecular formula is C18H21N7O. The van der Waals surface area contributed by atoms with E-state index in [4.69, 9.17) is 5.73 Å². The number of carbonyl (C=O) groups excluding carboxylic acids is 1. The van der Waals surface area contributed by atoms with Crippen LogP contribution in [0.15, 0.2) is 42.9 Å². The lowest BCUT2D eigenvalue weighted by Crippen LogP contribution is -2.17. The van der Waals surface area contributed by atoms with Gasteiger partial charge in [-0.05, 0) is 17.5 Å². The maximum absolute atomic E-state index is 11.7. The Morgan fingerprint density at radius 3 is 2.65 bits per heavy atom. The van der Waals surface area contributed by atoms with Crippen LogP contribution in [0, 0.1) is 0 Å². The maximum Gasteiger partial charge on any atom is 0.254 e. The summed E-state index contributed by atoms with van der Waals surface area (Å²) < 4.78 is 1.67. The van der Waals surface area contributed by atoms with E-state index >= 15 is 0 Å². The molecule has 0 saturated carbocycles. The molecule has 2 heterocycles. The Morgan fingerprint density at radius 2 is 2.00 bits per heavy atom. The normalized spacial score (nSPS) is 10.5. The number of amides is 1. The van der Waals surface area contributed by atoms with E-state index in [0.717, 1.165) is 17.7 Å². The van der Waals surface area contributed by atoms with E-state index in [-0.39, 0.29) is 5.56 Å². The molecular weight excluding hydrogens is 330 g/mol. The zero-order valence-electron chi connectivity index (χ0n) is 14.7. The Bertz CT molecular complexity index is 919. The molecule has 0 aliphatic heterocycles. The Hall–Kier alpha value is -3.42. The minimum absolute atomic E-state index is 0.246. The van der Waals surface area contributed by atoms with Crippen molar-refractivity contribution in [1.82, 2.24) is 19.7 Å². The number of nitrogens with zero attached hydrogens (tertiary/aromatic N) is 4. The molecule has 4 N–H and O–H groups in total. The van der Waals surface area contributed by atoms with Crippen LogP contribution in [0.1, 0.15) is 28.4 Å². The molecule has 3 rings (SSSR count). The van der Waals surface area contributed by atoms with Crippen molar-refractivity contribution < 1.29 is 4.79 Å². The standard InChI is InChI=1S/C18H21N7O/c1-3-12-6-4-5-7-13(12)8-20-17-15(16(19)26)10-21-18(24-17)23-14-9-22-25(2)11-14/h4-7,9-11H,3,8H2,1-2H3,(H2,19,26)(H2,20,21,23,24). The van der Waals surface area contributed by atoms with E-state index in [1.165, 1.54) is 11.8 Å². The van der Waals surface area contributed by atoms with Crippen molar-refractivity contribution in [3.8, 4) is 0 Å². The zero-order valence-corrected chi connectivity index (χ0v) is 14.7. The van der Waals surface area contributed by atoms with Crippen molar-refractivity contribution in [2.24, 2.45) is 12.8 Å². The minimum atomic E-state index is -0.579. The number of nitrogens with one attached hydrogen (secondary N) is 2. The zero-order chi connectivity index (χ0) is 18.5. The third kappa shape index (κ3) is 3.97. The predicted molar refractivity (Wildman–Crippen MR) is 100 cm³/mol. The Balaban J connectivity index is 1.83. The number of nitrogens with two attached hydrogens (primary N) is 1. The van der Waals surface area contributed by atoms with Crippen molar-refractivity contribution in [3.05, 3.63) is 59.5 Å². The van der Waals surface area contributed by atoms with Gasteiger partial charge in [0, 0.05) is 26.0 Å². The Morgan fingerprint density at radius 1 is 1.23 bits per heavy atom. The van der Waals surface area contributed by atoms with Gasteiger partial charge in [-0.25, -0.2) is 4.98 Å². The Kier molecular flexibility index (Phi) is 5.12. The molecule has 2 aromatic heterocycles. The lowest BCUT2D eigenvalue weighted by Gasteiger charge is -2.13. The number of aryl methyl sites for hydroxylation is 2. The van der Waals surface area contributed by atoms with Gasteiger partial charge in [0.25, 0.3) is 5.91 Å². The number of primary amides is 1. The second-order valence-electron chi connectivity index (χ2n) is 5.82. The molecule has 0 fully saturated rings. The first kappa shape index (κ1) is 17.4. The SMILES string of the molecule is CCc1ccccc1CNc1nc(Nc2cnn(C)c2)ncc1C(N)=O. The second-order valence-corrected chi connectivity index (χ2v) is 5.82. The summed E-state index contributed by atoms with van der Waals surface area (Å²) in [5.74, 6) is 0.170. The van der Waals surface area contributed by atoms with Gasteiger partial charge in [0.2, 0.25) is 5.95 Å². The van der Waals surface area contributed by atoms with Gasteiger partial charge in [-0.15, -0.1) is 0 Å². The summed E-state index contributed by atoms with van der Waals surface area (Å²) in [6.07, 6.45) is 5.81. The molecule has 26 heavy (non-hydrogen) atoms. The molecule has 8 heteroatoms. The van der Waals surface area contributed by atoms with Crippen molar-refractivity contribution in [2.75, 3.05) is 10.6 Å². The van der Waals surface area contributed by atoms with Gasteiger partial charge in [-0.3, -0.25) is 9.48 Å². The summed E-state index contributed by atoms with van der Waals surface area (Å²) in [4.78, 5) is 20.2. The third-order valence-electron chi connectivity index (χ3n) is 3.96. The van der Waals surface area contributed by atoms with E-state index in [0.29, 0.717) is 18.3 Å². The van der Waals surface area contributed by atoms with E-state index in [1.807, 2.05) is 25.2 Å². The average Bonchev–Trinajstić information content (AvgIpc) is 3.04. The second kappa shape index (κ2) is 7.64. The minimum Gasteiger partial charge on any atom is -0.365 e. The highest BCUT2D eigenvalue weighted by molar-refractivity contribution is 5.97. The topological polar surface area (TPSA) is 111 Å². The van der Waals surface area contributed by atoms with Crippen LogP contribution in [0.25, 0.3) is 0 Å². The van der Waals surface area contributed by atoms with Crippen LogP contribution in [-0.4, -0.2) is 25.7 Å². The quantitative estimate of drug-likeness (QED) is 0.602. The van der Waals surface area contributed by atoms with Gasteiger partial charge < -0.3 is 16.4 Å². The number of hydrogen-bond acceptors (Lipinski definition) is 6. The number of carbonyl (C=O) groups is 1. The maximum atomic E-state index is 11.7. The summed E-state index contributed by atoms with van der Waals surface area (Å²) in [6, 6.07) is 8.13. The number of rotatable bonds is 7. The fraction of sp³-hybridized carbons (Fsp3) is 0.222. The monoisotopic (exact) mass is 351 g/mol. The number of hydrogen-bond donors (Lipinski definition) is 3. The molecule has 0 saturated heterocycles. The van der Waals surface area contributed by atoms with E-state index < -0.39 is 5.91 Å². The first-order valence-electron chi connectivity index (χ1n) is 8.30. The molecule has 1 aromatic carbocycles. The number of anilines is 3. The largest absolute Gasteiger partial charge is 0.365 e. The van der Waals surface area contributed by atoms with Crippen LogP contribution in [0.5, 0.6) is 0 Å². The molecule has 134 valence electrons. The summed E-state index contributed by atoms with van der Waals surface area (Å²) in [7, 11) is 1.82. The van der Waals surface area contributed by atoms with Gasteiger partial charge in [0.05, 0.1) is 17.4 Å². The van der Waals surface area contributed by atoms with Crippen LogP contribution in [0.2, 0.25) is 0 Å². The average molecular weight is 351 g/mol. The highest BCUT2D eigenvalue weighted by Gasteiger charge is 2.13. The summed E-state index contributed by atoms with van der Waals surface area (Å²) in [5, 5.41) is 10.3. The summed E-state index contributed by atoms with van der Waals surface area (Å²) in [6.45, 7) is 2.64. The van der Waals surface area contributed by atoms with E-state index in [9.17, 15) is 4.79 Å². The molecule has 0 radical (unpaired) electrons. The van der Waals surface area contributed by atoms with Gasteiger partial charge in [0.15, 0.2) is 0 Å². The molecule has 0 atom stereocenters. The van der Waals surface area contributed by atoms with Gasteiger partial charge in [0.1, 0.15) is 5.82 Å². The Labute approximate surface area is 151 Å². The van der Waals surface area contributed by atoms with Crippen LogP contribution in [0.4, 0.5) is 17.5 Å². The lowest BCUT2D eigenvalue weighted by atomic mass is 10.1. The first-order chi connectivity index (χ1) is 12.6. The van der Waals surface area contributed by atoms with Gasteiger partial charge in [-0.1, -0.05) is 31.2 Å².